The zero-order valence-electron chi connectivity index (χ0n) is 16.7. The average molecular weight is 404 g/mol. The van der Waals surface area contributed by atoms with Gasteiger partial charge in [0.1, 0.15) is 5.82 Å². The molecule has 0 unspecified atom stereocenters. The largest absolute Gasteiger partial charge is 0.392 e. The lowest BCUT2D eigenvalue weighted by atomic mass is 9.98. The monoisotopic (exact) mass is 404 g/mol. The van der Waals surface area contributed by atoms with Crippen molar-refractivity contribution in [3.05, 3.63) is 89.1 Å². The minimum atomic E-state index is -0.345. The lowest BCUT2D eigenvalue weighted by Crippen LogP contribution is -2.25. The van der Waals surface area contributed by atoms with E-state index in [1.807, 2.05) is 37.3 Å². The highest BCUT2D eigenvalue weighted by Gasteiger charge is 2.15. The molecule has 1 N–H and O–H groups in total. The predicted molar refractivity (Wildman–Crippen MR) is 112 cm³/mol. The molecule has 5 nitrogen and oxygen atoms in total. The van der Waals surface area contributed by atoms with Crippen LogP contribution in [-0.4, -0.2) is 28.1 Å². The number of hydrogen-bond donors (Lipinski definition) is 1. The molecule has 0 aliphatic carbocycles. The molecule has 0 saturated carbocycles. The lowest BCUT2D eigenvalue weighted by molar-refractivity contribution is 0.0772. The highest BCUT2D eigenvalue weighted by molar-refractivity contribution is 5.99. The molecule has 3 aromatic carbocycles. The van der Waals surface area contributed by atoms with Gasteiger partial charge in [0.05, 0.1) is 18.8 Å². The van der Waals surface area contributed by atoms with Crippen molar-refractivity contribution in [2.75, 3.05) is 7.05 Å². The number of aliphatic hydroxyl groups excluding tert-OH is 1. The van der Waals surface area contributed by atoms with E-state index >= 15 is 0 Å². The number of aliphatic hydroxyl groups is 1. The molecule has 4 rings (SSSR count). The molecule has 0 aliphatic heterocycles. The summed E-state index contributed by atoms with van der Waals surface area (Å²) in [6.07, 6.45) is 0. The van der Waals surface area contributed by atoms with E-state index in [1.54, 1.807) is 36.2 Å². The summed E-state index contributed by atoms with van der Waals surface area (Å²) in [5.41, 5.74) is 3.13. The van der Waals surface area contributed by atoms with Gasteiger partial charge in [-0.2, -0.15) is 0 Å². The summed E-state index contributed by atoms with van der Waals surface area (Å²) < 4.78 is 19.5. The zero-order chi connectivity index (χ0) is 21.3. The number of hydrogen-bond acceptors (Lipinski definition) is 4. The Morgan fingerprint density at radius 3 is 2.57 bits per heavy atom. The first-order valence-corrected chi connectivity index (χ1v) is 9.56. The van der Waals surface area contributed by atoms with E-state index in [0.717, 1.165) is 16.5 Å². The maximum Gasteiger partial charge on any atom is 0.254 e. The van der Waals surface area contributed by atoms with Gasteiger partial charge in [0.25, 0.3) is 5.91 Å². The second-order valence-corrected chi connectivity index (χ2v) is 7.34. The second-order valence-electron chi connectivity index (χ2n) is 7.34. The third-order valence-electron chi connectivity index (χ3n) is 5.03. The SMILES string of the molecule is Cc1cc(CN(C)C(=O)c2ccc3cc(-c4cc(CO)ccc4F)ccc3c2)on1. The Bertz CT molecular complexity index is 1230. The number of fused-ring (bicyclic) bond motifs is 1. The Balaban J connectivity index is 1.61. The topological polar surface area (TPSA) is 66.6 Å². The molecule has 1 amide bonds. The number of carbonyl (C=O) groups is 1. The summed E-state index contributed by atoms with van der Waals surface area (Å²) >= 11 is 0. The number of aromatic nitrogens is 1. The fraction of sp³-hybridized carbons (Fsp3) is 0.167. The minimum absolute atomic E-state index is 0.128. The molecule has 1 heterocycles. The van der Waals surface area contributed by atoms with E-state index in [1.165, 1.54) is 6.07 Å². The van der Waals surface area contributed by atoms with E-state index < -0.39 is 0 Å². The molecular weight excluding hydrogens is 383 g/mol. The first kappa shape index (κ1) is 19.8. The highest BCUT2D eigenvalue weighted by Crippen LogP contribution is 2.28. The van der Waals surface area contributed by atoms with Crippen LogP contribution >= 0.6 is 0 Å². The fourth-order valence-electron chi connectivity index (χ4n) is 3.46. The van der Waals surface area contributed by atoms with Crippen LogP contribution < -0.4 is 0 Å². The van der Waals surface area contributed by atoms with Gasteiger partial charge in [-0.3, -0.25) is 4.79 Å². The van der Waals surface area contributed by atoms with Crippen molar-refractivity contribution in [1.29, 1.82) is 0 Å². The van der Waals surface area contributed by atoms with Crippen molar-refractivity contribution in [2.45, 2.75) is 20.1 Å². The number of benzene rings is 3. The van der Waals surface area contributed by atoms with E-state index in [2.05, 4.69) is 5.16 Å². The number of rotatable bonds is 5. The molecular formula is C24H21FN2O3. The smallest absolute Gasteiger partial charge is 0.254 e. The van der Waals surface area contributed by atoms with Crippen LogP contribution in [0.3, 0.4) is 0 Å². The Labute approximate surface area is 173 Å². The standard InChI is InChI=1S/C24H21FN2O3/c1-15-9-21(30-26-15)13-27(2)24(29)20-7-5-17-11-19(6-4-18(17)12-20)22-10-16(14-28)3-8-23(22)25/h3-12,28H,13-14H2,1-2H3. The maximum absolute atomic E-state index is 14.3. The molecule has 0 saturated heterocycles. The molecule has 4 aromatic rings. The van der Waals surface area contributed by atoms with Crippen LogP contribution in [0.25, 0.3) is 21.9 Å². The number of halogens is 1. The zero-order valence-corrected chi connectivity index (χ0v) is 16.7. The lowest BCUT2D eigenvalue weighted by Gasteiger charge is -2.16. The second kappa shape index (κ2) is 8.08. The van der Waals surface area contributed by atoms with Gasteiger partial charge in [-0.15, -0.1) is 0 Å². The first-order valence-electron chi connectivity index (χ1n) is 9.56. The Morgan fingerprint density at radius 1 is 1.07 bits per heavy atom. The van der Waals surface area contributed by atoms with Crippen molar-refractivity contribution >= 4 is 16.7 Å². The summed E-state index contributed by atoms with van der Waals surface area (Å²) in [5.74, 6) is 0.153. The molecule has 0 spiro atoms. The predicted octanol–water partition coefficient (Wildman–Crippen LogP) is 4.71. The van der Waals surface area contributed by atoms with Crippen LogP contribution in [0.2, 0.25) is 0 Å². The van der Waals surface area contributed by atoms with Gasteiger partial charge in [-0.05, 0) is 59.2 Å². The summed E-state index contributed by atoms with van der Waals surface area (Å²) in [7, 11) is 1.71. The van der Waals surface area contributed by atoms with Crippen LogP contribution in [0.15, 0.2) is 65.2 Å². The van der Waals surface area contributed by atoms with Crippen molar-refractivity contribution in [3.8, 4) is 11.1 Å². The summed E-state index contributed by atoms with van der Waals surface area (Å²) in [5, 5.41) is 14.9. The molecule has 0 aliphatic rings. The summed E-state index contributed by atoms with van der Waals surface area (Å²) in [6, 6.07) is 17.4. The first-order chi connectivity index (χ1) is 14.4. The molecule has 0 atom stereocenters. The van der Waals surface area contributed by atoms with Crippen LogP contribution in [0.5, 0.6) is 0 Å². The van der Waals surface area contributed by atoms with E-state index in [0.29, 0.717) is 34.6 Å². The Hall–Kier alpha value is -3.51. The maximum atomic E-state index is 14.3. The Morgan fingerprint density at radius 2 is 1.83 bits per heavy atom. The van der Waals surface area contributed by atoms with E-state index in [-0.39, 0.29) is 18.3 Å². The average Bonchev–Trinajstić information content (AvgIpc) is 3.17. The van der Waals surface area contributed by atoms with Crippen molar-refractivity contribution in [1.82, 2.24) is 10.1 Å². The van der Waals surface area contributed by atoms with E-state index in [9.17, 15) is 14.3 Å². The molecule has 0 radical (unpaired) electrons. The van der Waals surface area contributed by atoms with Crippen molar-refractivity contribution < 1.29 is 18.8 Å². The quantitative estimate of drug-likeness (QED) is 0.523. The van der Waals surface area contributed by atoms with E-state index in [4.69, 9.17) is 4.52 Å². The minimum Gasteiger partial charge on any atom is -0.392 e. The van der Waals surface area contributed by atoms with Gasteiger partial charge >= 0.3 is 0 Å². The van der Waals surface area contributed by atoms with Crippen molar-refractivity contribution in [2.24, 2.45) is 0 Å². The van der Waals surface area contributed by atoms with Gasteiger partial charge in [0.15, 0.2) is 5.76 Å². The molecule has 0 fully saturated rings. The van der Waals surface area contributed by atoms with Crippen LogP contribution in [0.4, 0.5) is 4.39 Å². The molecule has 152 valence electrons. The van der Waals surface area contributed by atoms with Crippen LogP contribution in [0.1, 0.15) is 27.4 Å². The van der Waals surface area contributed by atoms with Gasteiger partial charge < -0.3 is 14.5 Å². The normalized spacial score (nSPS) is 11.1. The van der Waals surface area contributed by atoms with Gasteiger partial charge in [-0.25, -0.2) is 4.39 Å². The molecule has 1 aromatic heterocycles. The number of aryl methyl sites for hydroxylation is 1. The van der Waals surface area contributed by atoms with Crippen LogP contribution in [0, 0.1) is 12.7 Å². The summed E-state index contributed by atoms with van der Waals surface area (Å²) in [6.45, 7) is 2.02. The van der Waals surface area contributed by atoms with Crippen molar-refractivity contribution in [3.63, 3.8) is 0 Å². The van der Waals surface area contributed by atoms with Gasteiger partial charge in [-0.1, -0.05) is 29.4 Å². The third kappa shape index (κ3) is 3.95. The number of nitrogens with zero attached hydrogens (tertiary/aromatic N) is 2. The molecule has 0 bridgehead atoms. The van der Waals surface area contributed by atoms with Gasteiger partial charge in [0, 0.05) is 24.2 Å². The number of amides is 1. The Kier molecular flexibility index (Phi) is 5.33. The third-order valence-corrected chi connectivity index (χ3v) is 5.03. The summed E-state index contributed by atoms with van der Waals surface area (Å²) in [4.78, 5) is 14.4. The van der Waals surface area contributed by atoms with Crippen LogP contribution in [-0.2, 0) is 13.2 Å². The highest BCUT2D eigenvalue weighted by atomic mass is 19.1. The molecule has 6 heteroatoms. The molecule has 30 heavy (non-hydrogen) atoms. The fourth-order valence-corrected chi connectivity index (χ4v) is 3.46. The van der Waals surface area contributed by atoms with Gasteiger partial charge in [0.2, 0.25) is 0 Å². The number of carbonyl (C=O) groups excluding carboxylic acids is 1.